The third-order valence-corrected chi connectivity index (χ3v) is 5.59. The van der Waals surface area contributed by atoms with Crippen molar-refractivity contribution in [3.8, 4) is 5.69 Å². The Bertz CT molecular complexity index is 1620. The van der Waals surface area contributed by atoms with E-state index in [9.17, 15) is 9.59 Å². The summed E-state index contributed by atoms with van der Waals surface area (Å²) in [4.78, 5) is 30.3. The molecule has 0 saturated carbocycles. The van der Waals surface area contributed by atoms with Crippen molar-refractivity contribution in [1.29, 1.82) is 0 Å². The second-order valence-corrected chi connectivity index (χ2v) is 8.03. The number of rotatable bonds is 6. The zero-order valence-corrected chi connectivity index (χ0v) is 19.3. The van der Waals surface area contributed by atoms with Crippen LogP contribution in [0.4, 0.5) is 0 Å². The molecule has 0 aliphatic carbocycles. The van der Waals surface area contributed by atoms with E-state index in [2.05, 4.69) is 10.5 Å². The van der Waals surface area contributed by atoms with Gasteiger partial charge in [-0.25, -0.2) is 10.4 Å². The summed E-state index contributed by atoms with van der Waals surface area (Å²) in [5.74, 6) is 0.242. The van der Waals surface area contributed by atoms with Gasteiger partial charge in [0, 0.05) is 5.56 Å². The highest BCUT2D eigenvalue weighted by Gasteiger charge is 2.11. The summed E-state index contributed by atoms with van der Waals surface area (Å²) in [6, 6.07) is 33.4. The largest absolute Gasteiger partial charge is 0.271 e. The van der Waals surface area contributed by atoms with Crippen LogP contribution in [-0.4, -0.2) is 21.7 Å². The minimum atomic E-state index is -0.285. The predicted molar refractivity (Wildman–Crippen MR) is 144 cm³/mol. The summed E-state index contributed by atoms with van der Waals surface area (Å²) in [5.41, 5.74) is 6.01. The van der Waals surface area contributed by atoms with E-state index in [1.807, 2.05) is 91.0 Å². The van der Waals surface area contributed by atoms with Crippen LogP contribution in [-0.2, 0) is 0 Å². The average Bonchev–Trinajstić information content (AvgIpc) is 2.93. The number of fused-ring (bicyclic) bond motifs is 1. The third-order valence-electron chi connectivity index (χ3n) is 5.59. The van der Waals surface area contributed by atoms with Gasteiger partial charge in [0.15, 0.2) is 0 Å². The Balaban J connectivity index is 1.45. The van der Waals surface area contributed by atoms with Gasteiger partial charge in [-0.3, -0.25) is 14.2 Å². The van der Waals surface area contributed by atoms with Crippen LogP contribution in [0.1, 0.15) is 27.3 Å². The number of carbonyl (C=O) groups excluding carboxylic acids is 1. The van der Waals surface area contributed by atoms with E-state index < -0.39 is 0 Å². The van der Waals surface area contributed by atoms with Crippen molar-refractivity contribution >= 4 is 35.2 Å². The SMILES string of the molecule is O=C(N/N=C/c1ccc(-n2c(/C=C/c3ccccc3)nc3ccccc3c2=O)cc1)c1ccccc1. The van der Waals surface area contributed by atoms with Gasteiger partial charge < -0.3 is 0 Å². The molecule has 174 valence electrons. The van der Waals surface area contributed by atoms with E-state index >= 15 is 0 Å². The van der Waals surface area contributed by atoms with Crippen molar-refractivity contribution in [3.05, 3.63) is 142 Å². The highest BCUT2D eigenvalue weighted by Crippen LogP contribution is 2.16. The van der Waals surface area contributed by atoms with Crippen LogP contribution < -0.4 is 11.0 Å². The first kappa shape index (κ1) is 22.7. The summed E-state index contributed by atoms with van der Waals surface area (Å²) >= 11 is 0. The van der Waals surface area contributed by atoms with Gasteiger partial charge in [0.1, 0.15) is 5.82 Å². The summed E-state index contributed by atoms with van der Waals surface area (Å²) < 4.78 is 1.60. The number of hydrogen-bond donors (Lipinski definition) is 1. The Morgan fingerprint density at radius 1 is 0.750 bits per heavy atom. The first-order valence-corrected chi connectivity index (χ1v) is 11.4. The standard InChI is InChI=1S/C30H22N4O2/c35-29(24-11-5-2-6-12-24)33-31-21-23-15-18-25(19-16-23)34-28(20-17-22-9-3-1-4-10-22)32-27-14-8-7-13-26(27)30(34)36/h1-21H,(H,33,35)/b20-17+,31-21+. The van der Waals surface area contributed by atoms with Gasteiger partial charge in [-0.2, -0.15) is 5.10 Å². The Morgan fingerprint density at radius 2 is 1.42 bits per heavy atom. The number of nitrogens with zero attached hydrogens (tertiary/aromatic N) is 3. The molecule has 0 bridgehead atoms. The third kappa shape index (κ3) is 5.03. The van der Waals surface area contributed by atoms with Crippen molar-refractivity contribution in [2.24, 2.45) is 5.10 Å². The zero-order chi connectivity index (χ0) is 24.7. The van der Waals surface area contributed by atoms with E-state index in [4.69, 9.17) is 4.98 Å². The number of para-hydroxylation sites is 1. The summed E-state index contributed by atoms with van der Waals surface area (Å²) in [6.45, 7) is 0. The molecule has 1 heterocycles. The van der Waals surface area contributed by atoms with Gasteiger partial charge in [0.2, 0.25) is 0 Å². The predicted octanol–water partition coefficient (Wildman–Crippen LogP) is 5.32. The Kier molecular flexibility index (Phi) is 6.58. The van der Waals surface area contributed by atoms with Gasteiger partial charge in [0.25, 0.3) is 11.5 Å². The van der Waals surface area contributed by atoms with Crippen molar-refractivity contribution in [2.75, 3.05) is 0 Å². The fourth-order valence-electron chi connectivity index (χ4n) is 3.78. The molecule has 0 fully saturated rings. The molecule has 0 radical (unpaired) electrons. The zero-order valence-electron chi connectivity index (χ0n) is 19.3. The molecule has 0 aliphatic rings. The number of aromatic nitrogens is 2. The molecule has 0 saturated heterocycles. The number of carbonyl (C=O) groups is 1. The highest BCUT2D eigenvalue weighted by atomic mass is 16.2. The van der Waals surface area contributed by atoms with E-state index in [1.165, 1.54) is 0 Å². The molecule has 6 nitrogen and oxygen atoms in total. The maximum absolute atomic E-state index is 13.4. The molecule has 36 heavy (non-hydrogen) atoms. The normalized spacial score (nSPS) is 11.3. The smallest absolute Gasteiger partial charge is 0.268 e. The van der Waals surface area contributed by atoms with Gasteiger partial charge in [-0.1, -0.05) is 78.9 Å². The molecule has 0 spiro atoms. The lowest BCUT2D eigenvalue weighted by Gasteiger charge is -2.11. The van der Waals surface area contributed by atoms with Crippen LogP contribution in [0.5, 0.6) is 0 Å². The van der Waals surface area contributed by atoms with E-state index in [0.717, 1.165) is 11.1 Å². The van der Waals surface area contributed by atoms with E-state index in [-0.39, 0.29) is 11.5 Å². The molecule has 1 amide bonds. The lowest BCUT2D eigenvalue weighted by molar-refractivity contribution is 0.0955. The molecule has 0 unspecified atom stereocenters. The van der Waals surface area contributed by atoms with Crippen LogP contribution in [0.15, 0.2) is 119 Å². The lowest BCUT2D eigenvalue weighted by Crippen LogP contribution is -2.22. The second kappa shape index (κ2) is 10.4. The molecule has 5 aromatic rings. The van der Waals surface area contributed by atoms with Crippen LogP contribution in [0.25, 0.3) is 28.7 Å². The lowest BCUT2D eigenvalue weighted by atomic mass is 10.2. The number of hydrazone groups is 1. The maximum atomic E-state index is 13.4. The second-order valence-electron chi connectivity index (χ2n) is 8.03. The molecule has 0 aliphatic heterocycles. The van der Waals surface area contributed by atoms with E-state index in [1.54, 1.807) is 41.1 Å². The Labute approximate surface area is 207 Å². The fourth-order valence-corrected chi connectivity index (χ4v) is 3.78. The van der Waals surface area contributed by atoms with Gasteiger partial charge >= 0.3 is 0 Å². The van der Waals surface area contributed by atoms with Crippen molar-refractivity contribution in [2.45, 2.75) is 0 Å². The van der Waals surface area contributed by atoms with Crippen LogP contribution in [0.3, 0.4) is 0 Å². The summed E-state index contributed by atoms with van der Waals surface area (Å²) in [7, 11) is 0. The van der Waals surface area contributed by atoms with E-state index in [0.29, 0.717) is 28.0 Å². The van der Waals surface area contributed by atoms with Gasteiger partial charge in [-0.05, 0) is 53.6 Å². The first-order valence-electron chi connectivity index (χ1n) is 11.4. The van der Waals surface area contributed by atoms with Gasteiger partial charge in [-0.15, -0.1) is 0 Å². The number of amides is 1. The molecular weight excluding hydrogens is 448 g/mol. The molecule has 1 N–H and O–H groups in total. The highest BCUT2D eigenvalue weighted by molar-refractivity contribution is 5.94. The molecule has 0 atom stereocenters. The monoisotopic (exact) mass is 470 g/mol. The van der Waals surface area contributed by atoms with Crippen molar-refractivity contribution in [1.82, 2.24) is 15.0 Å². The molecular formula is C30H22N4O2. The summed E-state index contributed by atoms with van der Waals surface area (Å²) in [5, 5.41) is 4.59. The minimum absolute atomic E-state index is 0.148. The topological polar surface area (TPSA) is 76.3 Å². The van der Waals surface area contributed by atoms with Crippen LogP contribution >= 0.6 is 0 Å². The number of benzene rings is 4. The van der Waals surface area contributed by atoms with Crippen molar-refractivity contribution < 1.29 is 4.79 Å². The van der Waals surface area contributed by atoms with Crippen LogP contribution in [0, 0.1) is 0 Å². The first-order chi connectivity index (χ1) is 17.7. The molecule has 6 heteroatoms. The molecule has 5 rings (SSSR count). The van der Waals surface area contributed by atoms with Crippen LogP contribution in [0.2, 0.25) is 0 Å². The Morgan fingerprint density at radius 3 is 2.17 bits per heavy atom. The van der Waals surface area contributed by atoms with Gasteiger partial charge in [0.05, 0.1) is 22.8 Å². The molecule has 1 aromatic heterocycles. The maximum Gasteiger partial charge on any atom is 0.271 e. The quantitative estimate of drug-likeness (QED) is 0.270. The average molecular weight is 471 g/mol. The number of hydrogen-bond acceptors (Lipinski definition) is 4. The summed E-state index contributed by atoms with van der Waals surface area (Å²) in [6.07, 6.45) is 5.34. The fraction of sp³-hybridized carbons (Fsp3) is 0. The number of nitrogens with one attached hydrogen (secondary N) is 1. The van der Waals surface area contributed by atoms with Crippen molar-refractivity contribution in [3.63, 3.8) is 0 Å². The molecule has 4 aromatic carbocycles. The minimum Gasteiger partial charge on any atom is -0.268 e. The Hall–Kier alpha value is -5.10.